The normalized spacial score (nSPS) is 16.7. The number of furan rings is 1. The number of benzene rings is 3. The highest BCUT2D eigenvalue weighted by Crippen LogP contribution is 2.41. The first kappa shape index (κ1) is 23.9. The monoisotopic (exact) mass is 495 g/mol. The molecule has 37 heavy (non-hydrogen) atoms. The molecule has 1 atom stereocenters. The Labute approximate surface area is 214 Å². The molecule has 3 aromatic carbocycles. The first-order valence-electron chi connectivity index (χ1n) is 11.8. The number of rotatable bonds is 8. The highest BCUT2D eigenvalue weighted by atomic mass is 16.5. The average Bonchev–Trinajstić information content (AvgIpc) is 3.55. The van der Waals surface area contributed by atoms with E-state index in [-0.39, 0.29) is 17.9 Å². The molecular weight excluding hydrogens is 470 g/mol. The summed E-state index contributed by atoms with van der Waals surface area (Å²) in [5, 5.41) is 11.2. The fraction of sp³-hybridized carbons (Fsp3) is 0.133. The minimum atomic E-state index is -0.820. The van der Waals surface area contributed by atoms with Crippen LogP contribution in [0.5, 0.6) is 11.5 Å². The molecule has 0 saturated carbocycles. The molecule has 186 valence electrons. The number of aliphatic hydroxyl groups excluding tert-OH is 1. The van der Waals surface area contributed by atoms with Crippen molar-refractivity contribution in [3.8, 4) is 11.5 Å². The molecule has 1 aliphatic heterocycles. The number of carbonyl (C=O) groups excluding carboxylic acids is 2. The molecule has 5 rings (SSSR count). The molecule has 0 radical (unpaired) electrons. The van der Waals surface area contributed by atoms with Crippen LogP contribution in [0, 0.1) is 0 Å². The second-order valence-electron chi connectivity index (χ2n) is 8.58. The van der Waals surface area contributed by atoms with Gasteiger partial charge in [0.15, 0.2) is 0 Å². The molecule has 0 spiro atoms. The highest BCUT2D eigenvalue weighted by molar-refractivity contribution is 6.46. The number of nitrogens with zero attached hydrogens (tertiary/aromatic N) is 1. The molecule has 1 amide bonds. The number of Topliss-reactive ketones (excluding diaryl/α,β-unsaturated/α-hetero) is 1. The Morgan fingerprint density at radius 2 is 1.70 bits per heavy atom. The van der Waals surface area contributed by atoms with Gasteiger partial charge >= 0.3 is 0 Å². The van der Waals surface area contributed by atoms with Crippen molar-refractivity contribution in [3.63, 3.8) is 0 Å². The van der Waals surface area contributed by atoms with Crippen LogP contribution in [0.3, 0.4) is 0 Å². The van der Waals surface area contributed by atoms with Crippen LogP contribution >= 0.6 is 0 Å². The Bertz CT molecular complexity index is 1420. The third-order valence-electron chi connectivity index (χ3n) is 6.23. The van der Waals surface area contributed by atoms with Crippen molar-refractivity contribution in [2.75, 3.05) is 7.11 Å². The van der Waals surface area contributed by atoms with Crippen molar-refractivity contribution in [2.45, 2.75) is 19.2 Å². The Morgan fingerprint density at radius 1 is 0.919 bits per heavy atom. The van der Waals surface area contributed by atoms with Crippen LogP contribution < -0.4 is 9.47 Å². The van der Waals surface area contributed by atoms with E-state index >= 15 is 0 Å². The predicted octanol–water partition coefficient (Wildman–Crippen LogP) is 5.49. The second-order valence-corrected chi connectivity index (χ2v) is 8.58. The van der Waals surface area contributed by atoms with Gasteiger partial charge in [0.05, 0.1) is 31.5 Å². The van der Waals surface area contributed by atoms with Crippen LogP contribution in [0.4, 0.5) is 0 Å². The van der Waals surface area contributed by atoms with Gasteiger partial charge in [-0.15, -0.1) is 0 Å². The topological polar surface area (TPSA) is 89.2 Å². The van der Waals surface area contributed by atoms with Crippen LogP contribution in [0.25, 0.3) is 5.76 Å². The number of carbonyl (C=O) groups is 2. The smallest absolute Gasteiger partial charge is 0.296 e. The fourth-order valence-corrected chi connectivity index (χ4v) is 4.37. The average molecular weight is 496 g/mol. The van der Waals surface area contributed by atoms with Crippen molar-refractivity contribution in [3.05, 3.63) is 125 Å². The van der Waals surface area contributed by atoms with Crippen LogP contribution in [-0.2, 0) is 22.7 Å². The second kappa shape index (κ2) is 10.5. The molecule has 0 bridgehead atoms. The lowest BCUT2D eigenvalue weighted by atomic mass is 9.95. The van der Waals surface area contributed by atoms with E-state index in [1.165, 1.54) is 18.3 Å². The number of amides is 1. The highest BCUT2D eigenvalue weighted by Gasteiger charge is 2.46. The number of hydrogen-bond acceptors (Lipinski definition) is 6. The van der Waals surface area contributed by atoms with E-state index in [2.05, 4.69) is 0 Å². The molecule has 1 N–H and O–H groups in total. The van der Waals surface area contributed by atoms with Gasteiger partial charge in [-0.05, 0) is 47.5 Å². The van der Waals surface area contributed by atoms with E-state index in [0.717, 1.165) is 5.56 Å². The molecule has 1 aromatic heterocycles. The van der Waals surface area contributed by atoms with Crippen LogP contribution in [0.2, 0.25) is 0 Å². The van der Waals surface area contributed by atoms with Gasteiger partial charge in [0.2, 0.25) is 0 Å². The van der Waals surface area contributed by atoms with Crippen molar-refractivity contribution >= 4 is 17.4 Å². The van der Waals surface area contributed by atoms with Gasteiger partial charge in [-0.2, -0.15) is 0 Å². The molecule has 2 heterocycles. The van der Waals surface area contributed by atoms with E-state index in [0.29, 0.717) is 35.0 Å². The van der Waals surface area contributed by atoms with Gasteiger partial charge < -0.3 is 23.9 Å². The molecule has 7 heteroatoms. The minimum Gasteiger partial charge on any atom is -0.507 e. The number of aliphatic hydroxyl groups is 1. The Balaban J connectivity index is 1.51. The van der Waals surface area contributed by atoms with Crippen LogP contribution in [-0.4, -0.2) is 28.8 Å². The Kier molecular flexibility index (Phi) is 6.76. The number of ketones is 1. The fourth-order valence-electron chi connectivity index (χ4n) is 4.37. The number of ether oxygens (including phenoxy) is 2. The van der Waals surface area contributed by atoms with Crippen molar-refractivity contribution < 1.29 is 28.6 Å². The summed E-state index contributed by atoms with van der Waals surface area (Å²) in [5.74, 6) is -0.0602. The maximum Gasteiger partial charge on any atom is 0.296 e. The van der Waals surface area contributed by atoms with Gasteiger partial charge in [-0.3, -0.25) is 9.59 Å². The lowest BCUT2D eigenvalue weighted by Crippen LogP contribution is -2.29. The number of likely N-dealkylation sites (tertiary alicyclic amines) is 1. The standard InChI is InChI=1S/C30H25NO6/c1-35-24-10-5-9-22(17-24)28(32)26-27(31(30(34)29(26)33)18-25-11-6-16-36-25)21-12-14-23(15-13-21)37-19-20-7-3-2-4-8-20/h2-17,27,32H,18-19H2,1H3/b28-26+. The molecule has 1 aliphatic rings. The summed E-state index contributed by atoms with van der Waals surface area (Å²) >= 11 is 0. The van der Waals surface area contributed by atoms with Crippen molar-refractivity contribution in [1.29, 1.82) is 0 Å². The first-order chi connectivity index (χ1) is 18.0. The van der Waals surface area contributed by atoms with E-state index in [9.17, 15) is 14.7 Å². The largest absolute Gasteiger partial charge is 0.507 e. The molecule has 1 fully saturated rings. The Hall–Kier alpha value is -4.78. The van der Waals surface area contributed by atoms with E-state index in [1.54, 1.807) is 60.7 Å². The Morgan fingerprint density at radius 3 is 2.41 bits per heavy atom. The molecule has 7 nitrogen and oxygen atoms in total. The third kappa shape index (κ3) is 4.97. The molecule has 1 saturated heterocycles. The summed E-state index contributed by atoms with van der Waals surface area (Å²) < 4.78 is 16.6. The van der Waals surface area contributed by atoms with Gasteiger partial charge in [0, 0.05) is 5.56 Å². The summed E-state index contributed by atoms with van der Waals surface area (Å²) in [6.45, 7) is 0.483. The number of methoxy groups -OCH3 is 1. The van der Waals surface area contributed by atoms with E-state index in [1.807, 2.05) is 30.3 Å². The maximum atomic E-state index is 13.2. The predicted molar refractivity (Wildman–Crippen MR) is 137 cm³/mol. The van der Waals surface area contributed by atoms with Crippen molar-refractivity contribution in [2.24, 2.45) is 0 Å². The SMILES string of the molecule is COc1cccc(/C(O)=C2\C(=O)C(=O)N(Cc3ccco3)C2c2ccc(OCc3ccccc3)cc2)c1. The molecule has 4 aromatic rings. The lowest BCUT2D eigenvalue weighted by molar-refractivity contribution is -0.140. The molecule has 1 unspecified atom stereocenters. The van der Waals surface area contributed by atoms with E-state index in [4.69, 9.17) is 13.9 Å². The van der Waals surface area contributed by atoms with Crippen LogP contribution in [0.1, 0.15) is 28.5 Å². The molecule has 0 aliphatic carbocycles. The zero-order valence-corrected chi connectivity index (χ0v) is 20.2. The first-order valence-corrected chi connectivity index (χ1v) is 11.8. The summed E-state index contributed by atoms with van der Waals surface area (Å²) in [6.07, 6.45) is 1.51. The maximum absolute atomic E-state index is 13.2. The zero-order chi connectivity index (χ0) is 25.8. The number of hydrogen-bond donors (Lipinski definition) is 1. The minimum absolute atomic E-state index is 0.00256. The van der Waals surface area contributed by atoms with Gasteiger partial charge in [0.1, 0.15) is 29.6 Å². The summed E-state index contributed by atoms with van der Waals surface area (Å²) in [4.78, 5) is 27.8. The summed E-state index contributed by atoms with van der Waals surface area (Å²) in [6, 6.07) is 26.3. The molecular formula is C30H25NO6. The third-order valence-corrected chi connectivity index (χ3v) is 6.23. The van der Waals surface area contributed by atoms with Gasteiger partial charge in [-0.25, -0.2) is 0 Å². The van der Waals surface area contributed by atoms with Crippen LogP contribution in [0.15, 0.2) is 107 Å². The quantitative estimate of drug-likeness (QED) is 0.198. The zero-order valence-electron chi connectivity index (χ0n) is 20.2. The summed E-state index contributed by atoms with van der Waals surface area (Å²) in [5.41, 5.74) is 2.07. The lowest BCUT2D eigenvalue weighted by Gasteiger charge is -2.24. The van der Waals surface area contributed by atoms with E-state index < -0.39 is 17.7 Å². The van der Waals surface area contributed by atoms with Gasteiger partial charge in [-0.1, -0.05) is 54.6 Å². The van der Waals surface area contributed by atoms with Gasteiger partial charge in [0.25, 0.3) is 11.7 Å². The summed E-state index contributed by atoms with van der Waals surface area (Å²) in [7, 11) is 1.52. The van der Waals surface area contributed by atoms with Crippen molar-refractivity contribution in [1.82, 2.24) is 4.90 Å².